The third-order valence-corrected chi connectivity index (χ3v) is 5.45. The molecule has 28 heavy (non-hydrogen) atoms. The standard InChI is InChI=1S/C22H27N5O/c1-13(2)27-21-18(11-25-27)17(22(28)24-12-19(23)15-8-9-15)10-20(26-21)16-7-5-4-6-14(16)3/h4-7,10-11,13,15,19H,8-9,12,23H2,1-3H3,(H,24,28). The van der Waals surface area contributed by atoms with Gasteiger partial charge in [-0.2, -0.15) is 5.10 Å². The van der Waals surface area contributed by atoms with Gasteiger partial charge < -0.3 is 11.1 Å². The number of carbonyl (C=O) groups excluding carboxylic acids is 1. The van der Waals surface area contributed by atoms with Gasteiger partial charge in [-0.1, -0.05) is 24.3 Å². The summed E-state index contributed by atoms with van der Waals surface area (Å²) in [5, 5.41) is 8.26. The summed E-state index contributed by atoms with van der Waals surface area (Å²) in [7, 11) is 0. The van der Waals surface area contributed by atoms with Gasteiger partial charge in [0.05, 0.1) is 22.8 Å². The van der Waals surface area contributed by atoms with Crippen molar-refractivity contribution >= 4 is 16.9 Å². The van der Waals surface area contributed by atoms with Crippen molar-refractivity contribution in [3.63, 3.8) is 0 Å². The van der Waals surface area contributed by atoms with Gasteiger partial charge in [0.25, 0.3) is 5.91 Å². The van der Waals surface area contributed by atoms with Crippen LogP contribution in [0.4, 0.5) is 0 Å². The molecular weight excluding hydrogens is 350 g/mol. The molecule has 6 heteroatoms. The average molecular weight is 377 g/mol. The SMILES string of the molecule is Cc1ccccc1-c1cc(C(=O)NCC(N)C2CC2)c2cnn(C(C)C)c2n1. The van der Waals surface area contributed by atoms with Gasteiger partial charge >= 0.3 is 0 Å². The number of nitrogens with two attached hydrogens (primary N) is 1. The summed E-state index contributed by atoms with van der Waals surface area (Å²) < 4.78 is 1.86. The van der Waals surface area contributed by atoms with Gasteiger partial charge in [0.1, 0.15) is 0 Å². The van der Waals surface area contributed by atoms with E-state index in [9.17, 15) is 4.79 Å². The average Bonchev–Trinajstić information content (AvgIpc) is 3.44. The number of fused-ring (bicyclic) bond motifs is 1. The Morgan fingerprint density at radius 3 is 2.75 bits per heavy atom. The van der Waals surface area contributed by atoms with E-state index in [1.165, 1.54) is 0 Å². The lowest BCUT2D eigenvalue weighted by Gasteiger charge is -2.14. The van der Waals surface area contributed by atoms with Gasteiger partial charge in [0.15, 0.2) is 5.65 Å². The number of nitrogens with zero attached hydrogens (tertiary/aromatic N) is 3. The topological polar surface area (TPSA) is 85.8 Å². The molecule has 0 spiro atoms. The van der Waals surface area contributed by atoms with E-state index in [-0.39, 0.29) is 18.0 Å². The molecule has 6 nitrogen and oxygen atoms in total. The fourth-order valence-electron chi connectivity index (χ4n) is 3.58. The molecule has 1 aliphatic rings. The Kier molecular flexibility index (Phi) is 4.89. The summed E-state index contributed by atoms with van der Waals surface area (Å²) >= 11 is 0. The molecule has 1 aliphatic carbocycles. The van der Waals surface area contributed by atoms with E-state index in [4.69, 9.17) is 10.7 Å². The molecule has 1 saturated carbocycles. The van der Waals surface area contributed by atoms with Crippen molar-refractivity contribution in [3.8, 4) is 11.3 Å². The van der Waals surface area contributed by atoms with Gasteiger partial charge in [0, 0.05) is 24.2 Å². The lowest BCUT2D eigenvalue weighted by molar-refractivity contribution is 0.0952. The van der Waals surface area contributed by atoms with Crippen LogP contribution in [0.1, 0.15) is 48.7 Å². The second-order valence-corrected chi connectivity index (χ2v) is 8.00. The minimum Gasteiger partial charge on any atom is -0.350 e. The van der Waals surface area contributed by atoms with E-state index < -0.39 is 0 Å². The van der Waals surface area contributed by atoms with Gasteiger partial charge in [0.2, 0.25) is 0 Å². The van der Waals surface area contributed by atoms with Crippen LogP contribution in [-0.2, 0) is 0 Å². The highest BCUT2D eigenvalue weighted by Gasteiger charge is 2.29. The zero-order valence-electron chi connectivity index (χ0n) is 16.6. The largest absolute Gasteiger partial charge is 0.350 e. The molecule has 0 saturated heterocycles. The van der Waals surface area contributed by atoms with Crippen molar-refractivity contribution in [3.05, 3.63) is 47.7 Å². The number of hydrogen-bond donors (Lipinski definition) is 2. The van der Waals surface area contributed by atoms with E-state index in [0.717, 1.165) is 40.7 Å². The smallest absolute Gasteiger partial charge is 0.252 e. The summed E-state index contributed by atoms with van der Waals surface area (Å²) in [4.78, 5) is 17.9. The quantitative estimate of drug-likeness (QED) is 0.689. The molecule has 0 aliphatic heterocycles. The Bertz CT molecular complexity index is 1020. The number of pyridine rings is 1. The zero-order chi connectivity index (χ0) is 19.8. The first-order valence-corrected chi connectivity index (χ1v) is 9.93. The van der Waals surface area contributed by atoms with E-state index in [2.05, 4.69) is 37.3 Å². The van der Waals surface area contributed by atoms with E-state index in [1.54, 1.807) is 6.20 Å². The number of hydrogen-bond acceptors (Lipinski definition) is 4. The van der Waals surface area contributed by atoms with Crippen LogP contribution >= 0.6 is 0 Å². The molecule has 1 atom stereocenters. The summed E-state index contributed by atoms with van der Waals surface area (Å²) in [6, 6.07) is 10.1. The molecule has 146 valence electrons. The lowest BCUT2D eigenvalue weighted by Crippen LogP contribution is -2.38. The number of nitrogens with one attached hydrogen (secondary N) is 1. The minimum absolute atomic E-state index is 0.0236. The Labute approximate surface area is 165 Å². The maximum absolute atomic E-state index is 13.0. The molecule has 0 bridgehead atoms. The Morgan fingerprint density at radius 1 is 1.32 bits per heavy atom. The van der Waals surface area contributed by atoms with Crippen molar-refractivity contribution in [1.29, 1.82) is 0 Å². The number of benzene rings is 1. The summed E-state index contributed by atoms with van der Waals surface area (Å²) in [5.41, 5.74) is 10.4. The summed E-state index contributed by atoms with van der Waals surface area (Å²) in [6.07, 6.45) is 4.06. The van der Waals surface area contributed by atoms with Crippen LogP contribution in [0.3, 0.4) is 0 Å². The molecule has 2 heterocycles. The zero-order valence-corrected chi connectivity index (χ0v) is 16.6. The van der Waals surface area contributed by atoms with Crippen LogP contribution < -0.4 is 11.1 Å². The van der Waals surface area contributed by atoms with E-state index in [0.29, 0.717) is 18.0 Å². The van der Waals surface area contributed by atoms with Crippen LogP contribution in [0.5, 0.6) is 0 Å². The molecule has 0 radical (unpaired) electrons. The number of amides is 1. The number of aryl methyl sites for hydroxylation is 1. The van der Waals surface area contributed by atoms with Crippen LogP contribution in [0.15, 0.2) is 36.5 Å². The molecule has 4 rings (SSSR count). The van der Waals surface area contributed by atoms with Gasteiger partial charge in [-0.05, 0) is 51.2 Å². The van der Waals surface area contributed by atoms with Crippen LogP contribution in [0, 0.1) is 12.8 Å². The van der Waals surface area contributed by atoms with Crippen molar-refractivity contribution in [2.24, 2.45) is 11.7 Å². The van der Waals surface area contributed by atoms with Crippen LogP contribution in [0.2, 0.25) is 0 Å². The number of carbonyl (C=O) groups is 1. The summed E-state index contributed by atoms with van der Waals surface area (Å²) in [5.74, 6) is 0.422. The molecule has 2 aromatic heterocycles. The predicted octanol–water partition coefficient (Wildman–Crippen LogP) is 3.45. The Balaban J connectivity index is 1.77. The van der Waals surface area contributed by atoms with Gasteiger partial charge in [-0.15, -0.1) is 0 Å². The minimum atomic E-state index is -0.123. The van der Waals surface area contributed by atoms with Crippen molar-refractivity contribution in [1.82, 2.24) is 20.1 Å². The van der Waals surface area contributed by atoms with Crippen molar-refractivity contribution < 1.29 is 4.79 Å². The van der Waals surface area contributed by atoms with Crippen LogP contribution in [0.25, 0.3) is 22.3 Å². The lowest BCUT2D eigenvalue weighted by atomic mass is 10.0. The second kappa shape index (κ2) is 7.36. The first-order chi connectivity index (χ1) is 13.5. The molecule has 1 aromatic carbocycles. The van der Waals surface area contributed by atoms with E-state index >= 15 is 0 Å². The molecular formula is C22H27N5O. The molecule has 1 unspecified atom stereocenters. The maximum Gasteiger partial charge on any atom is 0.252 e. The first-order valence-electron chi connectivity index (χ1n) is 9.93. The number of aromatic nitrogens is 3. The number of rotatable bonds is 6. The van der Waals surface area contributed by atoms with Crippen molar-refractivity contribution in [2.45, 2.75) is 45.7 Å². The highest BCUT2D eigenvalue weighted by atomic mass is 16.1. The predicted molar refractivity (Wildman–Crippen MR) is 111 cm³/mol. The third-order valence-electron chi connectivity index (χ3n) is 5.45. The molecule has 3 N–H and O–H groups in total. The Hall–Kier alpha value is -2.73. The summed E-state index contributed by atoms with van der Waals surface area (Å²) in [6.45, 7) is 6.66. The van der Waals surface area contributed by atoms with E-state index in [1.807, 2.05) is 28.9 Å². The Morgan fingerprint density at radius 2 is 2.07 bits per heavy atom. The fraction of sp³-hybridized carbons (Fsp3) is 0.409. The maximum atomic E-state index is 13.0. The third kappa shape index (κ3) is 3.52. The molecule has 1 amide bonds. The highest BCUT2D eigenvalue weighted by Crippen LogP contribution is 2.31. The van der Waals surface area contributed by atoms with Gasteiger partial charge in [-0.25, -0.2) is 9.67 Å². The highest BCUT2D eigenvalue weighted by molar-refractivity contribution is 6.06. The fourth-order valence-corrected chi connectivity index (χ4v) is 3.58. The van der Waals surface area contributed by atoms with Gasteiger partial charge in [-0.3, -0.25) is 4.79 Å². The van der Waals surface area contributed by atoms with Crippen LogP contribution in [-0.4, -0.2) is 33.3 Å². The second-order valence-electron chi connectivity index (χ2n) is 8.00. The monoisotopic (exact) mass is 377 g/mol. The molecule has 3 aromatic rings. The normalized spacial score (nSPS) is 15.2. The molecule has 1 fully saturated rings. The van der Waals surface area contributed by atoms with Crippen molar-refractivity contribution in [2.75, 3.05) is 6.54 Å². The first kappa shape index (κ1) is 18.6.